The highest BCUT2D eigenvalue weighted by molar-refractivity contribution is 9.10. The van der Waals surface area contributed by atoms with E-state index in [1.54, 1.807) is 7.11 Å². The van der Waals surface area contributed by atoms with E-state index in [1.807, 2.05) is 18.2 Å². The minimum atomic E-state index is 0.206. The van der Waals surface area contributed by atoms with E-state index in [0.717, 1.165) is 35.3 Å². The van der Waals surface area contributed by atoms with Gasteiger partial charge in [-0.2, -0.15) is 5.26 Å². The van der Waals surface area contributed by atoms with Crippen LogP contribution >= 0.6 is 15.9 Å². The molecule has 1 aromatic carbocycles. The minimum absolute atomic E-state index is 0.206. The number of hydrogen-bond acceptors (Lipinski definition) is 3. The van der Waals surface area contributed by atoms with Crippen molar-refractivity contribution in [2.45, 2.75) is 19.3 Å². The number of nitrogens with zero attached hydrogens (tertiary/aromatic N) is 1. The van der Waals surface area contributed by atoms with Gasteiger partial charge in [0.05, 0.1) is 18.9 Å². The molecule has 1 aromatic rings. The summed E-state index contributed by atoms with van der Waals surface area (Å²) in [5.41, 5.74) is 1.23. The van der Waals surface area contributed by atoms with Crippen molar-refractivity contribution >= 4 is 21.6 Å². The van der Waals surface area contributed by atoms with Gasteiger partial charge in [0.25, 0.3) is 0 Å². The van der Waals surface area contributed by atoms with Crippen LogP contribution in [-0.2, 0) is 0 Å². The molecule has 4 heteroatoms. The lowest BCUT2D eigenvalue weighted by atomic mass is 10.0. The summed E-state index contributed by atoms with van der Waals surface area (Å²) in [7, 11) is 1.66. The van der Waals surface area contributed by atoms with Crippen molar-refractivity contribution in [3.05, 3.63) is 22.7 Å². The molecular formula is C13H15BrN2O. The van der Waals surface area contributed by atoms with E-state index in [-0.39, 0.29) is 5.41 Å². The molecule has 1 aliphatic carbocycles. The van der Waals surface area contributed by atoms with Gasteiger partial charge in [-0.3, -0.25) is 0 Å². The van der Waals surface area contributed by atoms with Crippen molar-refractivity contribution in [1.82, 2.24) is 0 Å². The number of ether oxygens (including phenoxy) is 1. The Morgan fingerprint density at radius 3 is 2.88 bits per heavy atom. The molecule has 0 aromatic heterocycles. The van der Waals surface area contributed by atoms with Gasteiger partial charge in [-0.05, 0) is 40.9 Å². The molecule has 3 nitrogen and oxygen atoms in total. The Labute approximate surface area is 110 Å². The number of hydrogen-bond donors (Lipinski definition) is 1. The van der Waals surface area contributed by atoms with Crippen LogP contribution in [-0.4, -0.2) is 13.7 Å². The van der Waals surface area contributed by atoms with Gasteiger partial charge in [-0.25, -0.2) is 0 Å². The zero-order valence-electron chi connectivity index (χ0n) is 9.79. The zero-order valence-corrected chi connectivity index (χ0v) is 11.4. The summed E-state index contributed by atoms with van der Waals surface area (Å²) in [5, 5.41) is 12.2. The summed E-state index contributed by atoms with van der Waals surface area (Å²) >= 11 is 3.50. The van der Waals surface area contributed by atoms with Gasteiger partial charge in [-0.1, -0.05) is 0 Å². The molecular weight excluding hydrogens is 280 g/mol. The Morgan fingerprint density at radius 2 is 2.29 bits per heavy atom. The molecule has 90 valence electrons. The largest absolute Gasteiger partial charge is 0.497 e. The third kappa shape index (κ3) is 2.92. The molecule has 0 aliphatic heterocycles. The fourth-order valence-corrected chi connectivity index (χ4v) is 2.20. The average Bonchev–Trinajstić information content (AvgIpc) is 3.09. The minimum Gasteiger partial charge on any atom is -0.497 e. The summed E-state index contributed by atoms with van der Waals surface area (Å²) < 4.78 is 6.21. The van der Waals surface area contributed by atoms with Crippen molar-refractivity contribution in [1.29, 1.82) is 5.26 Å². The Balaban J connectivity index is 2.01. The Kier molecular flexibility index (Phi) is 3.58. The van der Waals surface area contributed by atoms with Crippen LogP contribution in [0.25, 0.3) is 0 Å². The molecule has 0 amide bonds. The van der Waals surface area contributed by atoms with E-state index in [2.05, 4.69) is 27.3 Å². The quantitative estimate of drug-likeness (QED) is 0.903. The molecule has 0 heterocycles. The van der Waals surface area contributed by atoms with Gasteiger partial charge >= 0.3 is 0 Å². The number of methoxy groups -OCH3 is 1. The van der Waals surface area contributed by atoms with Gasteiger partial charge in [0, 0.05) is 28.9 Å². The van der Waals surface area contributed by atoms with Crippen molar-refractivity contribution in [2.75, 3.05) is 19.0 Å². The lowest BCUT2D eigenvalue weighted by Gasteiger charge is -2.15. The standard InChI is InChI=1S/C13H15BrN2O/c1-17-10-2-3-11(14)12(8-10)16-9-13(4-5-13)6-7-15/h2-3,8,16H,4-6,9H2,1H3. The van der Waals surface area contributed by atoms with Crippen LogP contribution in [0.1, 0.15) is 19.3 Å². The van der Waals surface area contributed by atoms with E-state index < -0.39 is 0 Å². The number of anilines is 1. The first-order valence-corrected chi connectivity index (χ1v) is 6.43. The van der Waals surface area contributed by atoms with Crippen LogP contribution in [0.2, 0.25) is 0 Å². The van der Waals surface area contributed by atoms with Crippen LogP contribution in [0, 0.1) is 16.7 Å². The van der Waals surface area contributed by atoms with Gasteiger partial charge in [0.2, 0.25) is 0 Å². The third-order valence-corrected chi connectivity index (χ3v) is 3.93. The second kappa shape index (κ2) is 4.97. The summed E-state index contributed by atoms with van der Waals surface area (Å²) in [6.07, 6.45) is 2.94. The topological polar surface area (TPSA) is 45.0 Å². The smallest absolute Gasteiger partial charge is 0.121 e. The molecule has 0 unspecified atom stereocenters. The maximum absolute atomic E-state index is 8.77. The molecule has 17 heavy (non-hydrogen) atoms. The van der Waals surface area contributed by atoms with Crippen LogP contribution in [0.4, 0.5) is 5.69 Å². The Morgan fingerprint density at radius 1 is 1.53 bits per heavy atom. The normalized spacial score (nSPS) is 16.1. The summed E-state index contributed by atoms with van der Waals surface area (Å²) in [6.45, 7) is 0.853. The number of rotatable bonds is 5. The fraction of sp³-hybridized carbons (Fsp3) is 0.462. The van der Waals surface area contributed by atoms with E-state index >= 15 is 0 Å². The molecule has 0 saturated heterocycles. The molecule has 2 rings (SSSR count). The lowest BCUT2D eigenvalue weighted by Crippen LogP contribution is -2.15. The monoisotopic (exact) mass is 294 g/mol. The van der Waals surface area contributed by atoms with Crippen molar-refractivity contribution in [3.8, 4) is 11.8 Å². The highest BCUT2D eigenvalue weighted by Crippen LogP contribution is 2.48. The van der Waals surface area contributed by atoms with Gasteiger partial charge in [0.15, 0.2) is 0 Å². The molecule has 1 aliphatic rings. The Hall–Kier alpha value is -1.21. The maximum atomic E-state index is 8.77. The molecule has 1 saturated carbocycles. The summed E-state index contributed by atoms with van der Waals surface area (Å²) in [5.74, 6) is 0.834. The van der Waals surface area contributed by atoms with Crippen LogP contribution in [0.3, 0.4) is 0 Å². The summed E-state index contributed by atoms with van der Waals surface area (Å²) in [4.78, 5) is 0. The van der Waals surface area contributed by atoms with Gasteiger partial charge in [0.1, 0.15) is 5.75 Å². The van der Waals surface area contributed by atoms with E-state index in [0.29, 0.717) is 6.42 Å². The second-order valence-corrected chi connectivity index (χ2v) is 5.39. The highest BCUT2D eigenvalue weighted by atomic mass is 79.9. The van der Waals surface area contributed by atoms with Crippen LogP contribution in [0.5, 0.6) is 5.75 Å². The predicted octanol–water partition coefficient (Wildman–Crippen LogP) is 3.56. The van der Waals surface area contributed by atoms with E-state index in [9.17, 15) is 0 Å². The SMILES string of the molecule is COc1ccc(Br)c(NCC2(CC#N)CC2)c1. The van der Waals surface area contributed by atoms with Gasteiger partial charge < -0.3 is 10.1 Å². The molecule has 0 bridgehead atoms. The van der Waals surface area contributed by atoms with Crippen molar-refractivity contribution in [3.63, 3.8) is 0 Å². The number of halogens is 1. The zero-order chi connectivity index (χ0) is 12.3. The first kappa shape index (κ1) is 12.3. The molecule has 1 N–H and O–H groups in total. The fourth-order valence-electron chi connectivity index (χ4n) is 1.81. The van der Waals surface area contributed by atoms with E-state index in [1.165, 1.54) is 0 Å². The van der Waals surface area contributed by atoms with Crippen LogP contribution < -0.4 is 10.1 Å². The first-order chi connectivity index (χ1) is 8.19. The molecule has 1 fully saturated rings. The number of benzene rings is 1. The number of nitrogens with one attached hydrogen (secondary N) is 1. The lowest BCUT2D eigenvalue weighted by molar-refractivity contribution is 0.415. The van der Waals surface area contributed by atoms with Gasteiger partial charge in [-0.15, -0.1) is 0 Å². The maximum Gasteiger partial charge on any atom is 0.121 e. The average molecular weight is 295 g/mol. The third-order valence-electron chi connectivity index (χ3n) is 3.24. The second-order valence-electron chi connectivity index (χ2n) is 4.53. The summed E-state index contributed by atoms with van der Waals surface area (Å²) in [6, 6.07) is 8.11. The van der Waals surface area contributed by atoms with Crippen molar-refractivity contribution < 1.29 is 4.74 Å². The van der Waals surface area contributed by atoms with Crippen molar-refractivity contribution in [2.24, 2.45) is 5.41 Å². The number of nitriles is 1. The molecule has 0 radical (unpaired) electrons. The highest BCUT2D eigenvalue weighted by Gasteiger charge is 2.42. The van der Waals surface area contributed by atoms with Crippen LogP contribution in [0.15, 0.2) is 22.7 Å². The molecule has 0 spiro atoms. The Bertz CT molecular complexity index is 449. The first-order valence-electron chi connectivity index (χ1n) is 5.63. The van der Waals surface area contributed by atoms with E-state index in [4.69, 9.17) is 10.00 Å². The predicted molar refractivity (Wildman–Crippen MR) is 71.1 cm³/mol. The molecule has 0 atom stereocenters.